The molecular formula is C28H37F8N3O3S. The molecule has 1 aromatic rings. The van der Waals surface area contributed by atoms with Gasteiger partial charge in [0.25, 0.3) is 5.91 Å². The van der Waals surface area contributed by atoms with Crippen molar-refractivity contribution in [2.24, 2.45) is 0 Å². The number of unbranched alkanes of at least 4 members (excludes halogenated alkanes) is 6. The van der Waals surface area contributed by atoms with E-state index in [1.807, 2.05) is 0 Å². The Hall–Kier alpha value is -2.58. The number of urea groups is 1. The smallest absolute Gasteiger partial charge is 0.326 e. The van der Waals surface area contributed by atoms with Gasteiger partial charge in [0, 0.05) is 19.9 Å². The fourth-order valence-electron chi connectivity index (χ4n) is 4.64. The van der Waals surface area contributed by atoms with Gasteiger partial charge in [0.05, 0.1) is 16.9 Å². The minimum Gasteiger partial charge on any atom is -0.326 e. The van der Waals surface area contributed by atoms with Crippen LogP contribution >= 0.6 is 11.8 Å². The molecule has 1 aliphatic heterocycles. The van der Waals surface area contributed by atoms with Gasteiger partial charge in [-0.25, -0.2) is 9.69 Å². The maximum absolute atomic E-state index is 13.7. The summed E-state index contributed by atoms with van der Waals surface area (Å²) in [5.74, 6) is -5.10. The Morgan fingerprint density at radius 3 is 1.98 bits per heavy atom. The molecule has 244 valence electrons. The van der Waals surface area contributed by atoms with Crippen LogP contribution in [0.15, 0.2) is 18.2 Å². The van der Waals surface area contributed by atoms with E-state index >= 15 is 0 Å². The SMILES string of the molecule is CC(=O)Nc1ccc(N2C(=O)N(CCCCCCCCCSCCCC(F)(F)C(F)(F)F)C(C)(C)C2=O)cc1C(F)(F)F. The number of nitrogens with zero attached hydrogens (tertiary/aromatic N) is 2. The number of benzene rings is 1. The monoisotopic (exact) mass is 647 g/mol. The first-order valence-corrected chi connectivity index (χ1v) is 15.1. The van der Waals surface area contributed by atoms with Gasteiger partial charge < -0.3 is 10.2 Å². The van der Waals surface area contributed by atoms with Crippen LogP contribution in [0, 0.1) is 0 Å². The number of nitrogens with one attached hydrogen (secondary N) is 1. The van der Waals surface area contributed by atoms with E-state index in [1.54, 1.807) is 0 Å². The van der Waals surface area contributed by atoms with Crippen LogP contribution in [0.3, 0.4) is 0 Å². The second-order valence-corrected chi connectivity index (χ2v) is 12.2. The summed E-state index contributed by atoms with van der Waals surface area (Å²) in [6.07, 6.45) is -6.10. The Morgan fingerprint density at radius 2 is 1.42 bits per heavy atom. The van der Waals surface area contributed by atoms with Crippen molar-refractivity contribution in [1.29, 1.82) is 0 Å². The highest BCUT2D eigenvalue weighted by Crippen LogP contribution is 2.40. The summed E-state index contributed by atoms with van der Waals surface area (Å²) >= 11 is 1.35. The second kappa shape index (κ2) is 14.9. The summed E-state index contributed by atoms with van der Waals surface area (Å²) in [5, 5.41) is 2.11. The number of imide groups is 1. The molecule has 0 aliphatic carbocycles. The van der Waals surface area contributed by atoms with Crippen LogP contribution in [0.25, 0.3) is 0 Å². The highest BCUT2D eigenvalue weighted by atomic mass is 32.2. The lowest BCUT2D eigenvalue weighted by molar-refractivity contribution is -0.284. The lowest BCUT2D eigenvalue weighted by Gasteiger charge is -2.27. The van der Waals surface area contributed by atoms with E-state index in [0.717, 1.165) is 56.4 Å². The van der Waals surface area contributed by atoms with Crippen LogP contribution in [-0.4, -0.2) is 58.4 Å². The summed E-state index contributed by atoms with van der Waals surface area (Å²) in [6, 6.07) is 2.14. The topological polar surface area (TPSA) is 69.7 Å². The Balaban J connectivity index is 1.76. The van der Waals surface area contributed by atoms with Crippen LogP contribution < -0.4 is 10.2 Å². The van der Waals surface area contributed by atoms with Gasteiger partial charge in [-0.05, 0) is 62.8 Å². The maximum atomic E-state index is 13.7. The number of hydrogen-bond donors (Lipinski definition) is 1. The van der Waals surface area contributed by atoms with Crippen molar-refractivity contribution in [1.82, 2.24) is 4.90 Å². The molecule has 6 nitrogen and oxygen atoms in total. The third-order valence-electron chi connectivity index (χ3n) is 7.07. The average molecular weight is 648 g/mol. The molecular weight excluding hydrogens is 610 g/mol. The van der Waals surface area contributed by atoms with Crippen molar-refractivity contribution < 1.29 is 49.5 Å². The first-order chi connectivity index (χ1) is 19.8. The van der Waals surface area contributed by atoms with E-state index in [1.165, 1.54) is 36.6 Å². The Bertz CT molecular complexity index is 1130. The number of hydrogen-bond acceptors (Lipinski definition) is 4. The summed E-state index contributed by atoms with van der Waals surface area (Å²) in [7, 11) is 0. The molecule has 43 heavy (non-hydrogen) atoms. The number of amides is 4. The molecule has 1 aliphatic rings. The van der Waals surface area contributed by atoms with Gasteiger partial charge in [-0.1, -0.05) is 32.1 Å². The number of alkyl halides is 8. The number of carbonyl (C=O) groups is 3. The summed E-state index contributed by atoms with van der Waals surface area (Å²) in [4.78, 5) is 39.7. The van der Waals surface area contributed by atoms with Crippen molar-refractivity contribution >= 4 is 41.0 Å². The van der Waals surface area contributed by atoms with E-state index in [4.69, 9.17) is 0 Å². The third kappa shape index (κ3) is 9.97. The molecule has 1 aromatic carbocycles. The van der Waals surface area contributed by atoms with Crippen molar-refractivity contribution in [3.63, 3.8) is 0 Å². The molecule has 1 N–H and O–H groups in total. The number of rotatable bonds is 16. The van der Waals surface area contributed by atoms with Gasteiger partial charge in [-0.3, -0.25) is 9.59 Å². The molecule has 0 aromatic heterocycles. The predicted octanol–water partition coefficient (Wildman–Crippen LogP) is 8.65. The molecule has 2 rings (SSSR count). The van der Waals surface area contributed by atoms with Crippen molar-refractivity contribution in [2.75, 3.05) is 28.3 Å². The minimum absolute atomic E-state index is 0.212. The number of halogens is 8. The van der Waals surface area contributed by atoms with Crippen LogP contribution in [0.4, 0.5) is 51.3 Å². The molecule has 0 saturated carbocycles. The lowest BCUT2D eigenvalue weighted by atomic mass is 10.0. The van der Waals surface area contributed by atoms with Gasteiger partial charge in [0.2, 0.25) is 5.91 Å². The van der Waals surface area contributed by atoms with Gasteiger partial charge in [-0.2, -0.15) is 46.9 Å². The highest BCUT2D eigenvalue weighted by molar-refractivity contribution is 7.99. The van der Waals surface area contributed by atoms with Gasteiger partial charge in [-0.15, -0.1) is 0 Å². The van der Waals surface area contributed by atoms with Crippen LogP contribution in [0.1, 0.15) is 84.1 Å². The molecule has 0 spiro atoms. The molecule has 1 saturated heterocycles. The van der Waals surface area contributed by atoms with Crippen molar-refractivity contribution in [2.45, 2.75) is 102 Å². The third-order valence-corrected chi connectivity index (χ3v) is 8.22. The second-order valence-electron chi connectivity index (χ2n) is 10.9. The van der Waals surface area contributed by atoms with E-state index < -0.39 is 59.3 Å². The fraction of sp³-hybridized carbons (Fsp3) is 0.679. The zero-order chi connectivity index (χ0) is 32.6. The quantitative estimate of drug-likeness (QED) is 0.111. The van der Waals surface area contributed by atoms with E-state index in [0.29, 0.717) is 18.2 Å². The number of carbonyl (C=O) groups excluding carboxylic acids is 3. The Morgan fingerprint density at radius 1 is 0.860 bits per heavy atom. The minimum atomic E-state index is -5.51. The van der Waals surface area contributed by atoms with Gasteiger partial charge >= 0.3 is 24.3 Å². The molecule has 1 fully saturated rings. The zero-order valence-corrected chi connectivity index (χ0v) is 25.1. The standard InChI is InChI=1S/C28H37F8N3O3S/c1-19(40)37-22-13-12-20(18-21(22)27(31,32)33)39-23(41)25(2,3)38(24(39)42)15-9-7-5-4-6-8-10-16-43-17-11-14-26(29,30)28(34,35)36/h12-13,18H,4-11,14-17H2,1-3H3,(H,37,40). The van der Waals surface area contributed by atoms with Crippen LogP contribution in [-0.2, 0) is 15.8 Å². The first-order valence-electron chi connectivity index (χ1n) is 14.0. The number of anilines is 2. The van der Waals surface area contributed by atoms with Crippen molar-refractivity contribution in [3.05, 3.63) is 23.8 Å². The maximum Gasteiger partial charge on any atom is 0.453 e. The molecule has 0 unspecified atom stereocenters. The molecule has 15 heteroatoms. The molecule has 4 amide bonds. The Kier molecular flexibility index (Phi) is 12.7. The molecule has 0 atom stereocenters. The summed E-state index contributed by atoms with van der Waals surface area (Å²) < 4.78 is 103. The highest BCUT2D eigenvalue weighted by Gasteiger charge is 2.56. The van der Waals surface area contributed by atoms with E-state index in [2.05, 4.69) is 5.32 Å². The Labute approximate surface area is 249 Å². The summed E-state index contributed by atoms with van der Waals surface area (Å²) in [6.45, 7) is 4.36. The van der Waals surface area contributed by atoms with E-state index in [-0.39, 0.29) is 24.4 Å². The summed E-state index contributed by atoms with van der Waals surface area (Å²) in [5.41, 5.74) is -3.18. The lowest BCUT2D eigenvalue weighted by Crippen LogP contribution is -2.44. The zero-order valence-electron chi connectivity index (χ0n) is 24.3. The van der Waals surface area contributed by atoms with E-state index in [9.17, 15) is 49.5 Å². The normalized spacial score (nSPS) is 15.9. The molecule has 0 radical (unpaired) electrons. The fourth-order valence-corrected chi connectivity index (χ4v) is 5.60. The van der Waals surface area contributed by atoms with Crippen LogP contribution in [0.5, 0.6) is 0 Å². The molecule has 1 heterocycles. The van der Waals surface area contributed by atoms with Crippen LogP contribution in [0.2, 0.25) is 0 Å². The predicted molar refractivity (Wildman–Crippen MR) is 149 cm³/mol. The average Bonchev–Trinajstić information content (AvgIpc) is 3.04. The largest absolute Gasteiger partial charge is 0.453 e. The molecule has 0 bridgehead atoms. The first kappa shape index (κ1) is 36.6. The number of thioether (sulfide) groups is 1. The van der Waals surface area contributed by atoms with Gasteiger partial charge in [0.15, 0.2) is 0 Å². The van der Waals surface area contributed by atoms with Gasteiger partial charge in [0.1, 0.15) is 5.54 Å². The van der Waals surface area contributed by atoms with Crippen molar-refractivity contribution in [3.8, 4) is 0 Å².